The first-order valence-electron chi connectivity index (χ1n) is 10.5. The number of nitrogens with one attached hydrogen (secondary N) is 1. The number of ether oxygens (including phenoxy) is 2. The van der Waals surface area contributed by atoms with E-state index in [1.807, 2.05) is 25.1 Å². The Hall–Kier alpha value is -3.77. The van der Waals surface area contributed by atoms with Gasteiger partial charge in [-0.15, -0.1) is 0 Å². The fourth-order valence-corrected chi connectivity index (χ4v) is 3.65. The molecule has 6 nitrogen and oxygen atoms in total. The molecule has 0 aliphatic carbocycles. The van der Waals surface area contributed by atoms with Crippen LogP contribution in [0.4, 0.5) is 11.4 Å². The van der Waals surface area contributed by atoms with E-state index in [0.29, 0.717) is 40.1 Å². The van der Waals surface area contributed by atoms with Crippen molar-refractivity contribution in [2.24, 2.45) is 0 Å². The first-order valence-corrected chi connectivity index (χ1v) is 10.9. The van der Waals surface area contributed by atoms with Crippen LogP contribution in [0.1, 0.15) is 18.9 Å². The number of benzene rings is 3. The number of amides is 2. The molecule has 1 N–H and O–H groups in total. The molecule has 3 aromatic rings. The Labute approximate surface area is 197 Å². The smallest absolute Gasteiger partial charge is 0.282 e. The number of hydrogen-bond acceptors (Lipinski definition) is 5. The highest BCUT2D eigenvalue weighted by atomic mass is 35.5. The molecule has 0 spiro atoms. The predicted octanol–water partition coefficient (Wildman–Crippen LogP) is 5.53. The Morgan fingerprint density at radius 2 is 1.64 bits per heavy atom. The minimum absolute atomic E-state index is 0.188. The number of halogens is 1. The van der Waals surface area contributed by atoms with Gasteiger partial charge < -0.3 is 14.8 Å². The molecule has 4 rings (SSSR count). The van der Waals surface area contributed by atoms with Gasteiger partial charge in [0.25, 0.3) is 11.8 Å². The van der Waals surface area contributed by atoms with Gasteiger partial charge in [0, 0.05) is 16.8 Å². The van der Waals surface area contributed by atoms with Crippen LogP contribution in [-0.4, -0.2) is 25.5 Å². The summed E-state index contributed by atoms with van der Waals surface area (Å²) in [6.45, 7) is 2.62. The Balaban J connectivity index is 1.75. The molecule has 0 atom stereocenters. The normalized spacial score (nSPS) is 13.5. The van der Waals surface area contributed by atoms with E-state index < -0.39 is 11.8 Å². The zero-order valence-corrected chi connectivity index (χ0v) is 19.1. The number of methoxy groups -OCH3 is 1. The van der Waals surface area contributed by atoms with Crippen molar-refractivity contribution in [1.29, 1.82) is 0 Å². The van der Waals surface area contributed by atoms with E-state index in [4.69, 9.17) is 21.1 Å². The van der Waals surface area contributed by atoms with Gasteiger partial charge in [-0.1, -0.05) is 36.7 Å². The minimum atomic E-state index is -0.451. The number of anilines is 2. The van der Waals surface area contributed by atoms with Crippen molar-refractivity contribution in [2.45, 2.75) is 13.3 Å². The Morgan fingerprint density at radius 3 is 2.30 bits per heavy atom. The highest BCUT2D eigenvalue weighted by molar-refractivity contribution is 6.46. The summed E-state index contributed by atoms with van der Waals surface area (Å²) in [4.78, 5) is 28.1. The molecule has 3 aromatic carbocycles. The summed E-state index contributed by atoms with van der Waals surface area (Å²) >= 11 is 6.00. The van der Waals surface area contributed by atoms with Crippen LogP contribution in [0, 0.1) is 0 Å². The SMILES string of the molecule is CCCOc1cccc(NC2=C(c3ccc(OC)cc3)C(=O)N(c3ccc(Cl)cc3)C2=O)c1. The lowest BCUT2D eigenvalue weighted by Gasteiger charge is -2.15. The van der Waals surface area contributed by atoms with E-state index in [2.05, 4.69) is 5.32 Å². The maximum atomic E-state index is 13.5. The third-order valence-electron chi connectivity index (χ3n) is 5.12. The van der Waals surface area contributed by atoms with Crippen molar-refractivity contribution >= 4 is 40.4 Å². The lowest BCUT2D eigenvalue weighted by molar-refractivity contribution is -0.120. The lowest BCUT2D eigenvalue weighted by Crippen LogP contribution is -2.32. The molecular weight excluding hydrogens is 440 g/mol. The van der Waals surface area contributed by atoms with Crippen LogP contribution in [0.5, 0.6) is 11.5 Å². The molecule has 0 aromatic heterocycles. The fraction of sp³-hybridized carbons (Fsp3) is 0.154. The van der Waals surface area contributed by atoms with Gasteiger partial charge >= 0.3 is 0 Å². The molecule has 0 unspecified atom stereocenters. The summed E-state index contributed by atoms with van der Waals surface area (Å²) in [5.41, 5.74) is 2.15. The Bertz CT molecular complexity index is 1200. The summed E-state index contributed by atoms with van der Waals surface area (Å²) in [5, 5.41) is 3.67. The molecule has 1 aliphatic rings. The Morgan fingerprint density at radius 1 is 0.909 bits per heavy atom. The van der Waals surface area contributed by atoms with Crippen LogP contribution in [0.15, 0.2) is 78.5 Å². The van der Waals surface area contributed by atoms with E-state index in [9.17, 15) is 9.59 Å². The second-order valence-electron chi connectivity index (χ2n) is 7.40. The molecule has 0 bridgehead atoms. The van der Waals surface area contributed by atoms with Gasteiger partial charge in [-0.3, -0.25) is 9.59 Å². The first-order chi connectivity index (χ1) is 16.0. The number of hydrogen-bond donors (Lipinski definition) is 1. The molecule has 1 aliphatic heterocycles. The Kier molecular flexibility index (Phi) is 6.66. The second kappa shape index (κ2) is 9.79. The number of rotatable bonds is 8. The van der Waals surface area contributed by atoms with Crippen LogP contribution in [0.25, 0.3) is 5.57 Å². The van der Waals surface area contributed by atoms with Crippen LogP contribution in [0.3, 0.4) is 0 Å². The molecule has 7 heteroatoms. The number of carbonyl (C=O) groups is 2. The highest BCUT2D eigenvalue weighted by Crippen LogP contribution is 2.35. The van der Waals surface area contributed by atoms with Gasteiger partial charge in [0.1, 0.15) is 17.2 Å². The molecule has 1 heterocycles. The maximum absolute atomic E-state index is 13.5. The largest absolute Gasteiger partial charge is 0.497 e. The predicted molar refractivity (Wildman–Crippen MR) is 130 cm³/mol. The molecule has 168 valence electrons. The number of nitrogens with zero attached hydrogens (tertiary/aromatic N) is 1. The van der Waals surface area contributed by atoms with Crippen molar-refractivity contribution < 1.29 is 19.1 Å². The van der Waals surface area contributed by atoms with E-state index in [-0.39, 0.29) is 11.3 Å². The van der Waals surface area contributed by atoms with Crippen molar-refractivity contribution in [3.8, 4) is 11.5 Å². The van der Waals surface area contributed by atoms with Crippen molar-refractivity contribution in [1.82, 2.24) is 0 Å². The topological polar surface area (TPSA) is 67.9 Å². The van der Waals surface area contributed by atoms with E-state index in [0.717, 1.165) is 11.3 Å². The van der Waals surface area contributed by atoms with Crippen molar-refractivity contribution in [3.63, 3.8) is 0 Å². The zero-order chi connectivity index (χ0) is 23.4. The second-order valence-corrected chi connectivity index (χ2v) is 7.84. The van der Waals surface area contributed by atoms with E-state index in [1.165, 1.54) is 0 Å². The summed E-state index contributed by atoms with van der Waals surface area (Å²) in [6.07, 6.45) is 0.882. The molecule has 33 heavy (non-hydrogen) atoms. The van der Waals surface area contributed by atoms with Gasteiger partial charge in [-0.25, -0.2) is 4.90 Å². The molecule has 0 saturated heterocycles. The number of imide groups is 1. The fourth-order valence-electron chi connectivity index (χ4n) is 3.52. The van der Waals surface area contributed by atoms with Crippen LogP contribution < -0.4 is 19.7 Å². The van der Waals surface area contributed by atoms with Crippen LogP contribution in [0.2, 0.25) is 5.02 Å². The molecule has 0 saturated carbocycles. The van der Waals surface area contributed by atoms with Gasteiger partial charge in [-0.2, -0.15) is 0 Å². The maximum Gasteiger partial charge on any atom is 0.282 e. The summed E-state index contributed by atoms with van der Waals surface area (Å²) in [6, 6.07) is 20.9. The summed E-state index contributed by atoms with van der Waals surface area (Å²) < 4.78 is 10.9. The summed E-state index contributed by atoms with van der Waals surface area (Å²) in [5.74, 6) is 0.460. The average molecular weight is 463 g/mol. The van der Waals surface area contributed by atoms with Crippen LogP contribution >= 0.6 is 11.6 Å². The standard InChI is InChI=1S/C26H23ClN2O4/c1-3-15-33-22-6-4-5-19(16-22)28-24-23(17-7-13-21(32-2)14-8-17)25(30)29(26(24)31)20-11-9-18(27)10-12-20/h4-14,16,28H,3,15H2,1-2H3. The monoisotopic (exact) mass is 462 g/mol. The first kappa shape index (κ1) is 22.4. The lowest BCUT2D eigenvalue weighted by atomic mass is 10.0. The highest BCUT2D eigenvalue weighted by Gasteiger charge is 2.40. The third-order valence-corrected chi connectivity index (χ3v) is 5.38. The van der Waals surface area contributed by atoms with Crippen molar-refractivity contribution in [2.75, 3.05) is 23.9 Å². The van der Waals surface area contributed by atoms with Gasteiger partial charge in [0.2, 0.25) is 0 Å². The number of carbonyl (C=O) groups excluding carboxylic acids is 2. The van der Waals surface area contributed by atoms with E-state index in [1.54, 1.807) is 61.7 Å². The quantitative estimate of drug-likeness (QED) is 0.445. The van der Waals surface area contributed by atoms with Gasteiger partial charge in [0.05, 0.1) is 25.0 Å². The summed E-state index contributed by atoms with van der Waals surface area (Å²) in [7, 11) is 1.57. The van der Waals surface area contributed by atoms with Crippen molar-refractivity contribution in [3.05, 3.63) is 89.1 Å². The van der Waals surface area contributed by atoms with E-state index >= 15 is 0 Å². The van der Waals surface area contributed by atoms with Gasteiger partial charge in [0.15, 0.2) is 0 Å². The minimum Gasteiger partial charge on any atom is -0.497 e. The molecular formula is C26H23ClN2O4. The third kappa shape index (κ3) is 4.71. The molecule has 0 fully saturated rings. The molecule has 0 radical (unpaired) electrons. The molecule has 2 amide bonds. The average Bonchev–Trinajstić information content (AvgIpc) is 3.08. The zero-order valence-electron chi connectivity index (χ0n) is 18.3. The van der Waals surface area contributed by atoms with Crippen LogP contribution in [-0.2, 0) is 9.59 Å². The van der Waals surface area contributed by atoms with Gasteiger partial charge in [-0.05, 0) is 60.5 Å².